The second-order valence-corrected chi connectivity index (χ2v) is 4.43. The average Bonchev–Trinajstić information content (AvgIpc) is 2.19. The quantitative estimate of drug-likeness (QED) is 0.664. The van der Waals surface area contributed by atoms with Crippen molar-refractivity contribution in [3.8, 4) is 11.1 Å². The van der Waals surface area contributed by atoms with Gasteiger partial charge in [0.1, 0.15) is 5.82 Å². The van der Waals surface area contributed by atoms with Crippen LogP contribution in [0.3, 0.4) is 0 Å². The zero-order valence-corrected chi connectivity index (χ0v) is 10.1. The summed E-state index contributed by atoms with van der Waals surface area (Å²) in [6.07, 6.45) is 0. The van der Waals surface area contributed by atoms with E-state index in [1.165, 1.54) is 12.1 Å². The maximum atomic E-state index is 13.0. The van der Waals surface area contributed by atoms with E-state index in [2.05, 4.69) is 0 Å². The molecule has 0 saturated carbocycles. The van der Waals surface area contributed by atoms with Crippen LogP contribution in [0, 0.1) is 12.7 Å². The van der Waals surface area contributed by atoms with Crippen LogP contribution in [0.5, 0.6) is 0 Å². The minimum atomic E-state index is -0.244. The van der Waals surface area contributed by atoms with Crippen LogP contribution >= 0.6 is 23.2 Å². The Morgan fingerprint density at radius 2 is 1.62 bits per heavy atom. The van der Waals surface area contributed by atoms with Crippen molar-refractivity contribution in [3.63, 3.8) is 0 Å². The number of hydrogen-bond donors (Lipinski definition) is 0. The monoisotopic (exact) mass is 254 g/mol. The number of rotatable bonds is 1. The number of benzene rings is 2. The van der Waals surface area contributed by atoms with Crippen molar-refractivity contribution >= 4 is 23.2 Å². The molecule has 0 nitrogen and oxygen atoms in total. The fourth-order valence-corrected chi connectivity index (χ4v) is 2.15. The first-order chi connectivity index (χ1) is 7.58. The fraction of sp³-hybridized carbons (Fsp3) is 0.0769. The normalized spacial score (nSPS) is 10.5. The summed E-state index contributed by atoms with van der Waals surface area (Å²) in [5.41, 5.74) is 2.64. The first-order valence-electron chi connectivity index (χ1n) is 4.79. The van der Waals surface area contributed by atoms with Crippen LogP contribution in [-0.2, 0) is 0 Å². The second-order valence-electron chi connectivity index (χ2n) is 3.58. The zero-order valence-electron chi connectivity index (χ0n) is 8.60. The molecule has 2 rings (SSSR count). The summed E-state index contributed by atoms with van der Waals surface area (Å²) in [6, 6.07) is 9.92. The molecular formula is C13H9Cl2F. The number of halogens is 3. The van der Waals surface area contributed by atoms with Crippen molar-refractivity contribution in [1.29, 1.82) is 0 Å². The minimum absolute atomic E-state index is 0.244. The first-order valence-corrected chi connectivity index (χ1v) is 5.55. The lowest BCUT2D eigenvalue weighted by Gasteiger charge is -2.08. The molecule has 2 aromatic rings. The lowest BCUT2D eigenvalue weighted by atomic mass is 10.0. The van der Waals surface area contributed by atoms with E-state index in [0.717, 1.165) is 16.7 Å². The van der Waals surface area contributed by atoms with E-state index in [1.54, 1.807) is 18.2 Å². The maximum absolute atomic E-state index is 13.0. The van der Waals surface area contributed by atoms with E-state index >= 15 is 0 Å². The SMILES string of the molecule is Cc1cc(F)ccc1-c1ccc(Cl)cc1Cl. The van der Waals surface area contributed by atoms with Gasteiger partial charge in [0, 0.05) is 15.6 Å². The maximum Gasteiger partial charge on any atom is 0.123 e. The van der Waals surface area contributed by atoms with E-state index in [4.69, 9.17) is 23.2 Å². The Labute approximate surface area is 104 Å². The summed E-state index contributed by atoms with van der Waals surface area (Å²) in [5, 5.41) is 1.16. The largest absolute Gasteiger partial charge is 0.207 e. The second kappa shape index (κ2) is 4.44. The van der Waals surface area contributed by atoms with Crippen LogP contribution in [0.4, 0.5) is 4.39 Å². The third-order valence-corrected chi connectivity index (χ3v) is 2.96. The van der Waals surface area contributed by atoms with E-state index < -0.39 is 0 Å². The van der Waals surface area contributed by atoms with Gasteiger partial charge < -0.3 is 0 Å². The van der Waals surface area contributed by atoms with Gasteiger partial charge in [0.2, 0.25) is 0 Å². The molecule has 0 aromatic heterocycles. The Hall–Kier alpha value is -1.05. The van der Waals surface area contributed by atoms with Gasteiger partial charge in [-0.3, -0.25) is 0 Å². The summed E-state index contributed by atoms with van der Waals surface area (Å²) in [7, 11) is 0. The smallest absolute Gasteiger partial charge is 0.123 e. The van der Waals surface area contributed by atoms with Gasteiger partial charge in [-0.05, 0) is 42.3 Å². The molecule has 3 heteroatoms. The Morgan fingerprint density at radius 3 is 2.25 bits per heavy atom. The van der Waals surface area contributed by atoms with Crippen molar-refractivity contribution in [2.45, 2.75) is 6.92 Å². The van der Waals surface area contributed by atoms with Crippen molar-refractivity contribution in [1.82, 2.24) is 0 Å². The summed E-state index contributed by atoms with van der Waals surface area (Å²) in [5.74, 6) is -0.244. The molecule has 0 aliphatic rings. The standard InChI is InChI=1S/C13H9Cl2F/c1-8-6-10(16)3-5-11(8)12-4-2-9(14)7-13(12)15/h2-7H,1H3. The lowest BCUT2D eigenvalue weighted by Crippen LogP contribution is -1.86. The van der Waals surface area contributed by atoms with Gasteiger partial charge in [-0.2, -0.15) is 0 Å². The molecule has 0 spiro atoms. The topological polar surface area (TPSA) is 0 Å². The lowest BCUT2D eigenvalue weighted by molar-refractivity contribution is 0.627. The van der Waals surface area contributed by atoms with Gasteiger partial charge >= 0.3 is 0 Å². The average molecular weight is 255 g/mol. The molecule has 0 atom stereocenters. The number of hydrogen-bond acceptors (Lipinski definition) is 0. The zero-order chi connectivity index (χ0) is 11.7. The Morgan fingerprint density at radius 1 is 0.938 bits per heavy atom. The Kier molecular flexibility index (Phi) is 3.17. The van der Waals surface area contributed by atoms with Crippen LogP contribution in [0.25, 0.3) is 11.1 Å². The van der Waals surface area contributed by atoms with Gasteiger partial charge in [0.25, 0.3) is 0 Å². The fourth-order valence-electron chi connectivity index (χ4n) is 1.64. The highest BCUT2D eigenvalue weighted by molar-refractivity contribution is 6.36. The van der Waals surface area contributed by atoms with Crippen LogP contribution in [0.15, 0.2) is 36.4 Å². The molecule has 0 radical (unpaired) electrons. The van der Waals surface area contributed by atoms with Crippen LogP contribution in [0.1, 0.15) is 5.56 Å². The molecular weight excluding hydrogens is 246 g/mol. The predicted molar refractivity (Wildman–Crippen MR) is 66.6 cm³/mol. The molecule has 0 amide bonds. The van der Waals surface area contributed by atoms with Gasteiger partial charge in [-0.15, -0.1) is 0 Å². The molecule has 0 aliphatic carbocycles. The van der Waals surface area contributed by atoms with Gasteiger partial charge in [0.15, 0.2) is 0 Å². The highest BCUT2D eigenvalue weighted by Crippen LogP contribution is 2.32. The van der Waals surface area contributed by atoms with E-state index in [9.17, 15) is 4.39 Å². The summed E-state index contributed by atoms with van der Waals surface area (Å²) in [4.78, 5) is 0. The molecule has 0 bridgehead atoms. The molecule has 0 heterocycles. The Bertz CT molecular complexity index is 486. The number of aryl methyl sites for hydroxylation is 1. The van der Waals surface area contributed by atoms with Gasteiger partial charge in [-0.1, -0.05) is 35.3 Å². The molecule has 0 unspecified atom stereocenters. The van der Waals surface area contributed by atoms with E-state index in [0.29, 0.717) is 10.0 Å². The third kappa shape index (κ3) is 2.21. The van der Waals surface area contributed by atoms with Crippen molar-refractivity contribution in [3.05, 3.63) is 57.8 Å². The molecule has 0 saturated heterocycles. The van der Waals surface area contributed by atoms with Crippen LogP contribution in [0.2, 0.25) is 10.0 Å². The van der Waals surface area contributed by atoms with E-state index in [1.807, 2.05) is 13.0 Å². The highest BCUT2D eigenvalue weighted by atomic mass is 35.5. The summed E-state index contributed by atoms with van der Waals surface area (Å²) < 4.78 is 13.0. The van der Waals surface area contributed by atoms with Crippen molar-refractivity contribution in [2.75, 3.05) is 0 Å². The molecule has 16 heavy (non-hydrogen) atoms. The summed E-state index contributed by atoms with van der Waals surface area (Å²) in [6.45, 7) is 1.85. The van der Waals surface area contributed by atoms with Gasteiger partial charge in [-0.25, -0.2) is 4.39 Å². The molecule has 82 valence electrons. The predicted octanol–water partition coefficient (Wildman–Crippen LogP) is 5.11. The molecule has 0 N–H and O–H groups in total. The molecule has 2 aromatic carbocycles. The first kappa shape index (κ1) is 11.4. The molecule has 0 fully saturated rings. The minimum Gasteiger partial charge on any atom is -0.207 e. The summed E-state index contributed by atoms with van der Waals surface area (Å²) >= 11 is 11.9. The van der Waals surface area contributed by atoms with Crippen molar-refractivity contribution < 1.29 is 4.39 Å². The van der Waals surface area contributed by atoms with Crippen LogP contribution in [-0.4, -0.2) is 0 Å². The van der Waals surface area contributed by atoms with E-state index in [-0.39, 0.29) is 5.82 Å². The third-order valence-electron chi connectivity index (χ3n) is 2.41. The molecule has 0 aliphatic heterocycles. The highest BCUT2D eigenvalue weighted by Gasteiger charge is 2.07. The van der Waals surface area contributed by atoms with Crippen LogP contribution < -0.4 is 0 Å². The Balaban J connectivity index is 2.59. The van der Waals surface area contributed by atoms with Gasteiger partial charge in [0.05, 0.1) is 0 Å². The van der Waals surface area contributed by atoms with Crippen molar-refractivity contribution in [2.24, 2.45) is 0 Å².